The summed E-state index contributed by atoms with van der Waals surface area (Å²) in [5.74, 6) is -2.15. The third-order valence-corrected chi connectivity index (χ3v) is 4.91. The van der Waals surface area contributed by atoms with E-state index in [4.69, 9.17) is 9.11 Å². The molecule has 0 aromatic heterocycles. The molecule has 24 heavy (non-hydrogen) atoms. The van der Waals surface area contributed by atoms with E-state index in [-0.39, 0.29) is 0 Å². The molecule has 2 rings (SSSR count). The molecule has 2 aromatic rings. The van der Waals surface area contributed by atoms with Crippen LogP contribution in [-0.2, 0) is 30.6 Å². The van der Waals surface area contributed by atoms with Gasteiger partial charge in [0.25, 0.3) is 20.2 Å². The van der Waals surface area contributed by atoms with E-state index in [9.17, 15) is 34.9 Å². The summed E-state index contributed by atoms with van der Waals surface area (Å²) in [5, 5.41) is 8.96. The predicted octanol–water partition coefficient (Wildman–Crippen LogP) is 0.220. The quantitative estimate of drug-likeness (QED) is 0.513. The van der Waals surface area contributed by atoms with Gasteiger partial charge in [-0.05, 0) is 12.1 Å². The van der Waals surface area contributed by atoms with Crippen molar-refractivity contribution < 1.29 is 48.2 Å². The molecular formula is C10H8O11S3. The van der Waals surface area contributed by atoms with Gasteiger partial charge >= 0.3 is 10.4 Å². The molecule has 0 heterocycles. The Morgan fingerprint density at radius 2 is 1.38 bits per heavy atom. The second kappa shape index (κ2) is 5.54. The zero-order valence-corrected chi connectivity index (χ0v) is 13.6. The molecule has 0 radical (unpaired) electrons. The minimum Gasteiger partial charge on any atom is -0.504 e. The molecule has 0 aliphatic rings. The van der Waals surface area contributed by atoms with Crippen LogP contribution in [0.3, 0.4) is 0 Å². The van der Waals surface area contributed by atoms with Crippen molar-refractivity contribution in [3.63, 3.8) is 0 Å². The molecule has 2 aromatic carbocycles. The lowest BCUT2D eigenvalue weighted by Crippen LogP contribution is -2.08. The van der Waals surface area contributed by atoms with Crippen LogP contribution in [-0.4, -0.2) is 44.0 Å². The van der Waals surface area contributed by atoms with E-state index in [0.29, 0.717) is 12.1 Å². The molecule has 11 nitrogen and oxygen atoms in total. The van der Waals surface area contributed by atoms with Crippen LogP contribution in [0, 0.1) is 0 Å². The average Bonchev–Trinajstić information content (AvgIpc) is 2.37. The SMILES string of the molecule is O=S(=O)(O)Oc1cc(S(=O)(=O)O)c2ccc(S(=O)(=O)O)cc2c1O. The maximum absolute atomic E-state index is 11.4. The Balaban J connectivity index is 2.99. The summed E-state index contributed by atoms with van der Waals surface area (Å²) in [6.07, 6.45) is 0. The van der Waals surface area contributed by atoms with Crippen molar-refractivity contribution in [3.8, 4) is 11.5 Å². The lowest BCUT2D eigenvalue weighted by Gasteiger charge is -2.11. The van der Waals surface area contributed by atoms with Gasteiger partial charge in [-0.3, -0.25) is 13.7 Å². The first-order chi connectivity index (χ1) is 10.7. The first-order valence-electron chi connectivity index (χ1n) is 5.62. The van der Waals surface area contributed by atoms with Crippen LogP contribution in [0.1, 0.15) is 0 Å². The molecule has 0 saturated carbocycles. The summed E-state index contributed by atoms with van der Waals surface area (Å²) in [6.45, 7) is 0. The number of phenolic OH excluding ortho intramolecular Hbond substituents is 1. The van der Waals surface area contributed by atoms with E-state index in [0.717, 1.165) is 12.1 Å². The largest absolute Gasteiger partial charge is 0.504 e. The zero-order valence-electron chi connectivity index (χ0n) is 11.2. The Labute approximate surface area is 135 Å². The van der Waals surface area contributed by atoms with Crippen molar-refractivity contribution in [1.29, 1.82) is 0 Å². The fourth-order valence-electron chi connectivity index (χ4n) is 1.88. The van der Waals surface area contributed by atoms with Gasteiger partial charge in [-0.2, -0.15) is 25.3 Å². The van der Waals surface area contributed by atoms with Gasteiger partial charge in [-0.15, -0.1) is 0 Å². The van der Waals surface area contributed by atoms with E-state index in [1.54, 1.807) is 0 Å². The Morgan fingerprint density at radius 3 is 1.83 bits per heavy atom. The first-order valence-corrected chi connectivity index (χ1v) is 9.86. The van der Waals surface area contributed by atoms with Crippen LogP contribution in [0.5, 0.6) is 11.5 Å². The van der Waals surface area contributed by atoms with Crippen LogP contribution in [0.15, 0.2) is 34.1 Å². The number of aromatic hydroxyl groups is 1. The standard InChI is InChI=1S/C10H8O11S3/c11-10-7-3-5(22(12,13)14)1-2-6(7)9(23(15,16)17)4-8(10)21-24(18,19)20/h1-4,11H,(H,12,13,14)(H,15,16,17)(H,18,19,20). The second-order valence-corrected chi connectivity index (χ2v) is 8.22. The molecule has 0 unspecified atom stereocenters. The number of phenols is 1. The highest BCUT2D eigenvalue weighted by molar-refractivity contribution is 7.86. The van der Waals surface area contributed by atoms with Gasteiger partial charge in [0.05, 0.1) is 4.90 Å². The Hall–Kier alpha value is -1.97. The fraction of sp³-hybridized carbons (Fsp3) is 0. The summed E-state index contributed by atoms with van der Waals surface area (Å²) >= 11 is 0. The molecular weight excluding hydrogens is 392 g/mol. The van der Waals surface area contributed by atoms with Crippen molar-refractivity contribution in [2.45, 2.75) is 9.79 Å². The number of benzene rings is 2. The normalized spacial score (nSPS) is 13.1. The van der Waals surface area contributed by atoms with Crippen molar-refractivity contribution in [3.05, 3.63) is 24.3 Å². The van der Waals surface area contributed by atoms with Crippen molar-refractivity contribution in [2.75, 3.05) is 0 Å². The number of hydrogen-bond donors (Lipinski definition) is 4. The summed E-state index contributed by atoms with van der Waals surface area (Å²) in [7, 11) is -14.9. The fourth-order valence-corrected chi connectivity index (χ4v) is 3.46. The highest BCUT2D eigenvalue weighted by Gasteiger charge is 2.24. The number of fused-ring (bicyclic) bond motifs is 1. The molecule has 132 valence electrons. The molecule has 0 spiro atoms. The van der Waals surface area contributed by atoms with Crippen LogP contribution >= 0.6 is 0 Å². The van der Waals surface area contributed by atoms with Gasteiger partial charge in [0, 0.05) is 16.8 Å². The molecule has 0 amide bonds. The molecule has 4 N–H and O–H groups in total. The minimum absolute atomic E-state index is 0.398. The lowest BCUT2D eigenvalue weighted by molar-refractivity contribution is 0.371. The molecule has 0 aliphatic heterocycles. The van der Waals surface area contributed by atoms with Crippen molar-refractivity contribution in [2.24, 2.45) is 0 Å². The zero-order chi connectivity index (χ0) is 18.5. The molecule has 0 saturated heterocycles. The summed E-state index contributed by atoms with van der Waals surface area (Å²) < 4.78 is 97.3. The van der Waals surface area contributed by atoms with Crippen LogP contribution in [0.2, 0.25) is 0 Å². The van der Waals surface area contributed by atoms with Gasteiger partial charge in [0.15, 0.2) is 11.5 Å². The molecule has 0 fully saturated rings. The first kappa shape index (κ1) is 18.4. The van der Waals surface area contributed by atoms with E-state index in [2.05, 4.69) is 4.18 Å². The Bertz CT molecular complexity index is 1140. The summed E-state index contributed by atoms with van der Waals surface area (Å²) in [4.78, 5) is -1.69. The van der Waals surface area contributed by atoms with Crippen molar-refractivity contribution >= 4 is 41.4 Å². The highest BCUT2D eigenvalue weighted by Crippen LogP contribution is 2.40. The third kappa shape index (κ3) is 3.74. The molecule has 0 aliphatic carbocycles. The van der Waals surface area contributed by atoms with Crippen LogP contribution < -0.4 is 4.18 Å². The van der Waals surface area contributed by atoms with Crippen molar-refractivity contribution in [1.82, 2.24) is 0 Å². The van der Waals surface area contributed by atoms with E-state index < -0.39 is 62.7 Å². The third-order valence-electron chi connectivity index (χ3n) is 2.78. The summed E-state index contributed by atoms with van der Waals surface area (Å²) in [5.41, 5.74) is 0. The topological polar surface area (TPSA) is 193 Å². The molecule has 14 heteroatoms. The smallest absolute Gasteiger partial charge is 0.446 e. The van der Waals surface area contributed by atoms with Crippen LogP contribution in [0.25, 0.3) is 10.8 Å². The van der Waals surface area contributed by atoms with Gasteiger partial charge in [-0.25, -0.2) is 0 Å². The average molecular weight is 400 g/mol. The monoisotopic (exact) mass is 400 g/mol. The van der Waals surface area contributed by atoms with E-state index >= 15 is 0 Å². The van der Waals surface area contributed by atoms with E-state index in [1.807, 2.05) is 0 Å². The maximum atomic E-state index is 11.4. The number of hydrogen-bond acceptors (Lipinski definition) is 8. The van der Waals surface area contributed by atoms with Gasteiger partial charge in [-0.1, -0.05) is 6.07 Å². The van der Waals surface area contributed by atoms with Gasteiger partial charge < -0.3 is 9.29 Å². The van der Waals surface area contributed by atoms with Gasteiger partial charge in [0.1, 0.15) is 4.90 Å². The maximum Gasteiger partial charge on any atom is 0.446 e. The van der Waals surface area contributed by atoms with Crippen LogP contribution in [0.4, 0.5) is 0 Å². The van der Waals surface area contributed by atoms with E-state index in [1.165, 1.54) is 0 Å². The van der Waals surface area contributed by atoms with Gasteiger partial charge in [0.2, 0.25) is 0 Å². The second-order valence-electron chi connectivity index (χ2n) is 4.39. The molecule has 0 atom stereocenters. The Morgan fingerprint density at radius 1 is 0.792 bits per heavy atom. The lowest BCUT2D eigenvalue weighted by atomic mass is 10.1. The molecule has 0 bridgehead atoms. The number of rotatable bonds is 4. The summed E-state index contributed by atoms with van der Waals surface area (Å²) in [6, 6.07) is 2.66. The highest BCUT2D eigenvalue weighted by atomic mass is 32.3. The predicted molar refractivity (Wildman–Crippen MR) is 77.4 cm³/mol. The minimum atomic E-state index is -5.17. The Kier molecular flexibility index (Phi) is 4.24.